The van der Waals surface area contributed by atoms with Crippen molar-refractivity contribution in [3.63, 3.8) is 0 Å². The Hall–Kier alpha value is -1.19. The second-order valence-corrected chi connectivity index (χ2v) is 5.11. The average molecular weight is 261 g/mol. The van der Waals surface area contributed by atoms with Gasteiger partial charge in [0.2, 0.25) is 0 Å². The van der Waals surface area contributed by atoms with Crippen molar-refractivity contribution in [3.05, 3.63) is 35.4 Å². The molecule has 2 rings (SSSR count). The number of rotatable bonds is 5. The van der Waals surface area contributed by atoms with Crippen molar-refractivity contribution < 1.29 is 9.53 Å². The summed E-state index contributed by atoms with van der Waals surface area (Å²) in [5.41, 5.74) is 2.13. The number of ether oxygens (including phenoxy) is 1. The van der Waals surface area contributed by atoms with Crippen molar-refractivity contribution in [2.45, 2.75) is 26.2 Å². The predicted octanol–water partition coefficient (Wildman–Crippen LogP) is 2.54. The minimum atomic E-state index is 0.213. The van der Waals surface area contributed by atoms with E-state index in [1.54, 1.807) is 0 Å². The Labute approximate surface area is 115 Å². The molecule has 0 unspecified atom stereocenters. The van der Waals surface area contributed by atoms with Crippen molar-refractivity contribution in [2.24, 2.45) is 0 Å². The Morgan fingerprint density at radius 3 is 2.74 bits per heavy atom. The van der Waals surface area contributed by atoms with Crippen LogP contribution in [0.15, 0.2) is 24.3 Å². The van der Waals surface area contributed by atoms with Gasteiger partial charge in [-0.3, -0.25) is 9.69 Å². The van der Waals surface area contributed by atoms with Gasteiger partial charge >= 0.3 is 0 Å². The fourth-order valence-electron chi connectivity index (χ4n) is 2.40. The van der Waals surface area contributed by atoms with E-state index in [2.05, 4.69) is 24.0 Å². The van der Waals surface area contributed by atoms with E-state index >= 15 is 0 Å². The molecule has 1 heterocycles. The molecule has 0 N–H and O–H groups in total. The van der Waals surface area contributed by atoms with Gasteiger partial charge in [-0.25, -0.2) is 0 Å². The van der Waals surface area contributed by atoms with Gasteiger partial charge in [-0.1, -0.05) is 37.6 Å². The van der Waals surface area contributed by atoms with E-state index in [0.717, 1.165) is 51.1 Å². The van der Waals surface area contributed by atoms with E-state index in [9.17, 15) is 4.79 Å². The fraction of sp³-hybridized carbons (Fsp3) is 0.562. The predicted molar refractivity (Wildman–Crippen MR) is 76.6 cm³/mol. The van der Waals surface area contributed by atoms with E-state index in [0.29, 0.717) is 6.54 Å². The van der Waals surface area contributed by atoms with Gasteiger partial charge in [0.05, 0.1) is 13.2 Å². The van der Waals surface area contributed by atoms with Gasteiger partial charge < -0.3 is 4.74 Å². The molecule has 3 nitrogen and oxygen atoms in total. The number of carbonyl (C=O) groups is 1. The molecule has 0 aliphatic carbocycles. The standard InChI is InChI=1S/C16H23NO2/c1-2-4-14-5-7-15(8-6-14)16(18)13-17-9-3-11-19-12-10-17/h5-8H,2-4,9-13H2,1H3. The number of Topliss-reactive ketones (excluding diaryl/α,β-unsaturated/α-hetero) is 1. The molecule has 0 radical (unpaired) electrons. The number of carbonyl (C=O) groups excluding carboxylic acids is 1. The Kier molecular flexibility index (Phi) is 5.55. The zero-order valence-electron chi connectivity index (χ0n) is 11.7. The summed E-state index contributed by atoms with van der Waals surface area (Å²) in [7, 11) is 0. The van der Waals surface area contributed by atoms with Crippen molar-refractivity contribution in [1.29, 1.82) is 0 Å². The zero-order valence-corrected chi connectivity index (χ0v) is 11.7. The number of ketones is 1. The smallest absolute Gasteiger partial charge is 0.176 e. The zero-order chi connectivity index (χ0) is 13.5. The van der Waals surface area contributed by atoms with Crippen LogP contribution in [0.3, 0.4) is 0 Å². The molecule has 1 aromatic rings. The van der Waals surface area contributed by atoms with Crippen LogP contribution in [0.5, 0.6) is 0 Å². The second-order valence-electron chi connectivity index (χ2n) is 5.11. The van der Waals surface area contributed by atoms with Gasteiger partial charge in [0.25, 0.3) is 0 Å². The molecular formula is C16H23NO2. The lowest BCUT2D eigenvalue weighted by Gasteiger charge is -2.17. The Morgan fingerprint density at radius 2 is 2.00 bits per heavy atom. The summed E-state index contributed by atoms with van der Waals surface area (Å²) in [6.45, 7) is 6.05. The molecule has 0 aromatic heterocycles. The number of aryl methyl sites for hydroxylation is 1. The van der Waals surface area contributed by atoms with Crippen LogP contribution in [0.4, 0.5) is 0 Å². The first-order valence-corrected chi connectivity index (χ1v) is 7.22. The van der Waals surface area contributed by atoms with Crippen LogP contribution >= 0.6 is 0 Å². The maximum Gasteiger partial charge on any atom is 0.176 e. The lowest BCUT2D eigenvalue weighted by molar-refractivity contribution is 0.0922. The second kappa shape index (κ2) is 7.41. The summed E-state index contributed by atoms with van der Waals surface area (Å²) in [5.74, 6) is 0.213. The molecule has 19 heavy (non-hydrogen) atoms. The molecule has 3 heteroatoms. The molecule has 0 atom stereocenters. The highest BCUT2D eigenvalue weighted by atomic mass is 16.5. The normalized spacial score (nSPS) is 17.1. The largest absolute Gasteiger partial charge is 0.380 e. The minimum absolute atomic E-state index is 0.213. The number of hydrogen-bond acceptors (Lipinski definition) is 3. The van der Waals surface area contributed by atoms with Crippen LogP contribution < -0.4 is 0 Å². The maximum atomic E-state index is 12.2. The van der Waals surface area contributed by atoms with Crippen LogP contribution in [0.25, 0.3) is 0 Å². The fourth-order valence-corrected chi connectivity index (χ4v) is 2.40. The van der Waals surface area contributed by atoms with Gasteiger partial charge in [-0.15, -0.1) is 0 Å². The van der Waals surface area contributed by atoms with Crippen molar-refractivity contribution in [3.8, 4) is 0 Å². The van der Waals surface area contributed by atoms with Gasteiger partial charge in [-0.05, 0) is 18.4 Å². The van der Waals surface area contributed by atoms with E-state index < -0.39 is 0 Å². The molecule has 0 spiro atoms. The summed E-state index contributed by atoms with van der Waals surface area (Å²) >= 11 is 0. The van der Waals surface area contributed by atoms with E-state index in [1.165, 1.54) is 5.56 Å². The highest BCUT2D eigenvalue weighted by Crippen LogP contribution is 2.09. The number of nitrogens with zero attached hydrogens (tertiary/aromatic N) is 1. The molecule has 1 aliphatic rings. The van der Waals surface area contributed by atoms with Crippen molar-refractivity contribution >= 4 is 5.78 Å². The maximum absolute atomic E-state index is 12.2. The Bertz CT molecular complexity index is 392. The van der Waals surface area contributed by atoms with Crippen LogP contribution in [-0.2, 0) is 11.2 Å². The third kappa shape index (κ3) is 4.44. The van der Waals surface area contributed by atoms with Crippen LogP contribution in [-0.4, -0.2) is 43.5 Å². The number of benzene rings is 1. The molecule has 0 bridgehead atoms. The monoisotopic (exact) mass is 261 g/mol. The van der Waals surface area contributed by atoms with Crippen LogP contribution in [0, 0.1) is 0 Å². The SMILES string of the molecule is CCCc1ccc(C(=O)CN2CCCOCC2)cc1. The minimum Gasteiger partial charge on any atom is -0.380 e. The quantitative estimate of drug-likeness (QED) is 0.763. The first kappa shape index (κ1) is 14.2. The molecule has 0 saturated carbocycles. The molecule has 104 valence electrons. The van der Waals surface area contributed by atoms with Crippen LogP contribution in [0.1, 0.15) is 35.7 Å². The topological polar surface area (TPSA) is 29.5 Å². The number of hydrogen-bond donors (Lipinski definition) is 0. The summed E-state index contributed by atoms with van der Waals surface area (Å²) in [4.78, 5) is 14.4. The average Bonchev–Trinajstić information content (AvgIpc) is 2.68. The van der Waals surface area contributed by atoms with Crippen LogP contribution in [0.2, 0.25) is 0 Å². The van der Waals surface area contributed by atoms with Gasteiger partial charge in [0, 0.05) is 25.3 Å². The molecule has 0 amide bonds. The summed E-state index contributed by atoms with van der Waals surface area (Å²) < 4.78 is 5.40. The summed E-state index contributed by atoms with van der Waals surface area (Å²) in [6.07, 6.45) is 3.24. The molecular weight excluding hydrogens is 238 g/mol. The molecule has 1 aliphatic heterocycles. The lowest BCUT2D eigenvalue weighted by atomic mass is 10.1. The summed E-state index contributed by atoms with van der Waals surface area (Å²) in [6, 6.07) is 8.06. The third-order valence-electron chi connectivity index (χ3n) is 3.50. The highest BCUT2D eigenvalue weighted by molar-refractivity contribution is 5.97. The van der Waals surface area contributed by atoms with E-state index in [-0.39, 0.29) is 5.78 Å². The van der Waals surface area contributed by atoms with E-state index in [1.807, 2.05) is 12.1 Å². The summed E-state index contributed by atoms with van der Waals surface area (Å²) in [5, 5.41) is 0. The lowest BCUT2D eigenvalue weighted by Crippen LogP contribution is -2.32. The van der Waals surface area contributed by atoms with Crippen molar-refractivity contribution in [2.75, 3.05) is 32.8 Å². The first-order valence-electron chi connectivity index (χ1n) is 7.22. The van der Waals surface area contributed by atoms with Gasteiger partial charge in [-0.2, -0.15) is 0 Å². The molecule has 1 saturated heterocycles. The molecule has 1 aromatic carbocycles. The first-order chi connectivity index (χ1) is 9.29. The van der Waals surface area contributed by atoms with Gasteiger partial charge in [0.1, 0.15) is 0 Å². The third-order valence-corrected chi connectivity index (χ3v) is 3.50. The highest BCUT2D eigenvalue weighted by Gasteiger charge is 2.14. The van der Waals surface area contributed by atoms with E-state index in [4.69, 9.17) is 4.74 Å². The Morgan fingerprint density at radius 1 is 1.21 bits per heavy atom. The Balaban J connectivity index is 1.91. The van der Waals surface area contributed by atoms with Crippen molar-refractivity contribution in [1.82, 2.24) is 4.90 Å². The molecule has 1 fully saturated rings. The van der Waals surface area contributed by atoms with Gasteiger partial charge in [0.15, 0.2) is 5.78 Å².